The van der Waals surface area contributed by atoms with E-state index in [0.717, 1.165) is 5.69 Å². The third-order valence-corrected chi connectivity index (χ3v) is 7.53. The molecule has 10 heteroatoms. The van der Waals surface area contributed by atoms with Crippen LogP contribution in [0.2, 0.25) is 0 Å². The van der Waals surface area contributed by atoms with E-state index in [1.807, 2.05) is 34.9 Å². The highest BCUT2D eigenvalue weighted by molar-refractivity contribution is 7.99. The first kappa shape index (κ1) is 19.7. The zero-order valence-corrected chi connectivity index (χ0v) is 17.4. The van der Waals surface area contributed by atoms with Crippen molar-refractivity contribution in [2.45, 2.75) is 17.6 Å². The minimum atomic E-state index is -3.04. The fourth-order valence-electron chi connectivity index (χ4n) is 3.25. The maximum absolute atomic E-state index is 12.6. The van der Waals surface area contributed by atoms with Crippen LogP contribution in [0, 0.1) is 0 Å². The van der Waals surface area contributed by atoms with Crippen molar-refractivity contribution in [2.24, 2.45) is 0 Å². The Morgan fingerprint density at radius 3 is 2.69 bits per heavy atom. The lowest BCUT2D eigenvalue weighted by Crippen LogP contribution is -2.38. The average molecular weight is 433 g/mol. The van der Waals surface area contributed by atoms with E-state index in [-0.39, 0.29) is 29.2 Å². The van der Waals surface area contributed by atoms with Gasteiger partial charge in [-0.1, -0.05) is 30.0 Å². The molecule has 1 fully saturated rings. The standard InChI is InChI=1S/C19H20N4O4S2/c1-22(15-9-11-29(25,26)13-15)17(24)12-28-19-21-20-18(16-8-5-10-27-16)23(19)14-6-3-2-4-7-14/h2-8,10,15H,9,11-13H2,1H3/t15-/m1/s1. The number of carbonyl (C=O) groups is 1. The molecule has 0 spiro atoms. The first-order valence-corrected chi connectivity index (χ1v) is 11.9. The Morgan fingerprint density at radius 1 is 1.24 bits per heavy atom. The highest BCUT2D eigenvalue weighted by atomic mass is 32.2. The van der Waals surface area contributed by atoms with Crippen molar-refractivity contribution in [3.8, 4) is 17.3 Å². The van der Waals surface area contributed by atoms with Crippen LogP contribution in [0.3, 0.4) is 0 Å². The summed E-state index contributed by atoms with van der Waals surface area (Å²) in [7, 11) is -1.39. The molecule has 0 saturated carbocycles. The van der Waals surface area contributed by atoms with E-state index in [1.54, 1.807) is 25.4 Å². The van der Waals surface area contributed by atoms with Crippen molar-refractivity contribution in [3.63, 3.8) is 0 Å². The van der Waals surface area contributed by atoms with E-state index in [1.165, 1.54) is 16.7 Å². The molecule has 8 nitrogen and oxygen atoms in total. The van der Waals surface area contributed by atoms with Gasteiger partial charge in [0.15, 0.2) is 20.8 Å². The Balaban J connectivity index is 1.54. The smallest absolute Gasteiger partial charge is 0.233 e. The molecule has 1 saturated heterocycles. The molecule has 2 aromatic heterocycles. The number of hydrogen-bond acceptors (Lipinski definition) is 7. The molecule has 3 heterocycles. The molecular formula is C19H20N4O4S2. The Hall–Kier alpha value is -2.59. The van der Waals surface area contributed by atoms with Gasteiger partial charge in [-0.3, -0.25) is 9.36 Å². The summed E-state index contributed by atoms with van der Waals surface area (Å²) in [6, 6.07) is 12.9. The lowest BCUT2D eigenvalue weighted by Gasteiger charge is -2.23. The summed E-state index contributed by atoms with van der Waals surface area (Å²) in [5.41, 5.74) is 0.856. The van der Waals surface area contributed by atoms with Gasteiger partial charge in [0.25, 0.3) is 0 Å². The van der Waals surface area contributed by atoms with Gasteiger partial charge in [0.05, 0.1) is 23.5 Å². The normalized spacial score (nSPS) is 18.0. The number of hydrogen-bond donors (Lipinski definition) is 0. The third kappa shape index (κ3) is 4.23. The molecule has 0 bridgehead atoms. The fraction of sp³-hybridized carbons (Fsp3) is 0.316. The predicted molar refractivity (Wildman–Crippen MR) is 110 cm³/mol. The van der Waals surface area contributed by atoms with Crippen LogP contribution in [-0.2, 0) is 14.6 Å². The van der Waals surface area contributed by atoms with Crippen LogP contribution in [0.1, 0.15) is 6.42 Å². The van der Waals surface area contributed by atoms with Crippen LogP contribution in [0.25, 0.3) is 17.3 Å². The van der Waals surface area contributed by atoms with Crippen molar-refractivity contribution in [3.05, 3.63) is 48.7 Å². The largest absolute Gasteiger partial charge is 0.461 e. The third-order valence-electron chi connectivity index (χ3n) is 4.86. The van der Waals surface area contributed by atoms with Crippen LogP contribution in [0.5, 0.6) is 0 Å². The second-order valence-corrected chi connectivity index (χ2v) is 9.98. The quantitative estimate of drug-likeness (QED) is 0.551. The second kappa shape index (κ2) is 8.03. The zero-order valence-electron chi connectivity index (χ0n) is 15.8. The molecule has 29 heavy (non-hydrogen) atoms. The van der Waals surface area contributed by atoms with Crippen molar-refractivity contribution in [1.29, 1.82) is 0 Å². The highest BCUT2D eigenvalue weighted by Crippen LogP contribution is 2.28. The molecule has 0 aliphatic carbocycles. The number of thioether (sulfide) groups is 1. The minimum Gasteiger partial charge on any atom is -0.461 e. The summed E-state index contributed by atoms with van der Waals surface area (Å²) in [4.78, 5) is 14.2. The summed E-state index contributed by atoms with van der Waals surface area (Å²) in [5.74, 6) is 1.29. The SMILES string of the molecule is CN(C(=O)CSc1nnc(-c2ccco2)n1-c1ccccc1)[C@@H]1CCS(=O)(=O)C1. The van der Waals surface area contributed by atoms with E-state index >= 15 is 0 Å². The summed E-state index contributed by atoms with van der Waals surface area (Å²) in [6.45, 7) is 0. The summed E-state index contributed by atoms with van der Waals surface area (Å²) in [6.07, 6.45) is 2.05. The fourth-order valence-corrected chi connectivity index (χ4v) is 5.90. The minimum absolute atomic E-state index is 0.0305. The van der Waals surface area contributed by atoms with Crippen LogP contribution >= 0.6 is 11.8 Å². The second-order valence-electron chi connectivity index (χ2n) is 6.80. The first-order chi connectivity index (χ1) is 13.9. The van der Waals surface area contributed by atoms with Gasteiger partial charge in [-0.15, -0.1) is 10.2 Å². The van der Waals surface area contributed by atoms with Gasteiger partial charge >= 0.3 is 0 Å². The Bertz CT molecular complexity index is 1090. The Labute approximate surface area is 172 Å². The van der Waals surface area contributed by atoms with Crippen LogP contribution in [-0.4, -0.2) is 64.3 Å². The van der Waals surface area contributed by atoms with Gasteiger partial charge in [-0.25, -0.2) is 8.42 Å². The zero-order chi connectivity index (χ0) is 20.4. The van der Waals surface area contributed by atoms with Crippen LogP contribution < -0.4 is 0 Å². The number of amides is 1. The number of furan rings is 1. The average Bonchev–Trinajstić information content (AvgIpc) is 3.45. The summed E-state index contributed by atoms with van der Waals surface area (Å²) >= 11 is 1.26. The van der Waals surface area contributed by atoms with Crippen molar-refractivity contribution in [1.82, 2.24) is 19.7 Å². The number of rotatable bonds is 6. The number of nitrogens with zero attached hydrogens (tertiary/aromatic N) is 4. The molecule has 1 aliphatic heterocycles. The molecule has 3 aromatic rings. The highest BCUT2D eigenvalue weighted by Gasteiger charge is 2.32. The lowest BCUT2D eigenvalue weighted by atomic mass is 10.2. The number of carbonyl (C=O) groups excluding carboxylic acids is 1. The molecule has 4 rings (SSSR count). The maximum atomic E-state index is 12.6. The van der Waals surface area contributed by atoms with Crippen LogP contribution in [0.15, 0.2) is 58.3 Å². The lowest BCUT2D eigenvalue weighted by molar-refractivity contribution is -0.128. The van der Waals surface area contributed by atoms with E-state index in [9.17, 15) is 13.2 Å². The van der Waals surface area contributed by atoms with Crippen molar-refractivity contribution in [2.75, 3.05) is 24.3 Å². The van der Waals surface area contributed by atoms with Gasteiger partial charge in [0.2, 0.25) is 11.7 Å². The molecule has 0 unspecified atom stereocenters. The van der Waals surface area contributed by atoms with Crippen LogP contribution in [0.4, 0.5) is 0 Å². The molecular weight excluding hydrogens is 412 g/mol. The molecule has 152 valence electrons. The molecule has 1 aliphatic rings. The van der Waals surface area contributed by atoms with Gasteiger partial charge in [-0.2, -0.15) is 0 Å². The monoisotopic (exact) mass is 432 g/mol. The van der Waals surface area contributed by atoms with Gasteiger partial charge in [0.1, 0.15) is 0 Å². The number of sulfone groups is 1. The van der Waals surface area contributed by atoms with Gasteiger partial charge in [-0.05, 0) is 30.7 Å². The predicted octanol–water partition coefficient (Wildman–Crippen LogP) is 2.26. The Kier molecular flexibility index (Phi) is 5.46. The van der Waals surface area contributed by atoms with Crippen molar-refractivity contribution < 1.29 is 17.6 Å². The first-order valence-electron chi connectivity index (χ1n) is 9.08. The summed E-state index contributed by atoms with van der Waals surface area (Å²) < 4.78 is 30.7. The molecule has 1 aromatic carbocycles. The van der Waals surface area contributed by atoms with E-state index in [2.05, 4.69) is 10.2 Å². The number of para-hydroxylation sites is 1. The number of aromatic nitrogens is 3. The van der Waals surface area contributed by atoms with Gasteiger partial charge in [0, 0.05) is 18.8 Å². The Morgan fingerprint density at radius 2 is 2.03 bits per heavy atom. The van der Waals surface area contributed by atoms with E-state index < -0.39 is 9.84 Å². The molecule has 1 atom stereocenters. The molecule has 0 radical (unpaired) electrons. The molecule has 1 amide bonds. The molecule has 0 N–H and O–H groups in total. The number of benzene rings is 1. The van der Waals surface area contributed by atoms with E-state index in [4.69, 9.17) is 4.42 Å². The van der Waals surface area contributed by atoms with E-state index in [0.29, 0.717) is 23.2 Å². The summed E-state index contributed by atoms with van der Waals surface area (Å²) in [5, 5.41) is 9.06. The van der Waals surface area contributed by atoms with Crippen molar-refractivity contribution >= 4 is 27.5 Å². The maximum Gasteiger partial charge on any atom is 0.233 e. The van der Waals surface area contributed by atoms with Gasteiger partial charge < -0.3 is 9.32 Å². The topological polar surface area (TPSA) is 98.3 Å².